The van der Waals surface area contributed by atoms with E-state index in [-0.39, 0.29) is 0 Å². The van der Waals surface area contributed by atoms with Crippen LogP contribution in [0.3, 0.4) is 0 Å². The predicted octanol–water partition coefficient (Wildman–Crippen LogP) is 3.98. The molecule has 0 unspecified atom stereocenters. The molecular weight excluding hydrogens is 414 g/mol. The van der Waals surface area contributed by atoms with E-state index in [1.807, 2.05) is 4.57 Å². The lowest BCUT2D eigenvalue weighted by atomic mass is 10.2. The molecule has 1 amide bonds. The van der Waals surface area contributed by atoms with Crippen LogP contribution in [0.5, 0.6) is 0 Å². The lowest BCUT2D eigenvalue weighted by Gasteiger charge is -2.19. The number of halogens is 1. The maximum absolute atomic E-state index is 12.2. The number of alkyl carbamates (subject to hydrolysis) is 1. The number of aryl methyl sites for hydroxylation is 1. The van der Waals surface area contributed by atoms with Crippen molar-refractivity contribution < 1.29 is 19.1 Å². The Morgan fingerprint density at radius 3 is 2.59 bits per heavy atom. The number of nitrogens with zero attached hydrogens (tertiary/aromatic N) is 2. The molecule has 0 aliphatic rings. The van der Waals surface area contributed by atoms with Crippen LogP contribution in [0.15, 0.2) is 22.7 Å². The van der Waals surface area contributed by atoms with Crippen LogP contribution in [0, 0.1) is 11.3 Å². The van der Waals surface area contributed by atoms with Crippen LogP contribution in [0.4, 0.5) is 4.79 Å². The van der Waals surface area contributed by atoms with Gasteiger partial charge in [-0.3, -0.25) is 0 Å². The van der Waals surface area contributed by atoms with E-state index in [1.54, 1.807) is 39.0 Å². The first-order chi connectivity index (χ1) is 12.7. The van der Waals surface area contributed by atoms with E-state index in [0.29, 0.717) is 35.2 Å². The number of fused-ring (bicyclic) bond motifs is 1. The predicted molar refractivity (Wildman–Crippen MR) is 105 cm³/mol. The van der Waals surface area contributed by atoms with E-state index in [9.17, 15) is 9.59 Å². The van der Waals surface area contributed by atoms with Crippen molar-refractivity contribution in [2.45, 2.75) is 39.3 Å². The minimum Gasteiger partial charge on any atom is -0.464 e. The number of hydrogen-bond donors (Lipinski definition) is 1. The minimum atomic E-state index is -0.553. The van der Waals surface area contributed by atoms with Gasteiger partial charge in [0.05, 0.1) is 24.3 Å². The lowest BCUT2D eigenvalue weighted by Crippen LogP contribution is -2.33. The Morgan fingerprint density at radius 2 is 2.00 bits per heavy atom. The molecule has 7 nitrogen and oxygen atoms in total. The highest BCUT2D eigenvalue weighted by Crippen LogP contribution is 2.29. The first-order valence-corrected chi connectivity index (χ1v) is 9.23. The second-order valence-corrected chi connectivity index (χ2v) is 7.82. The normalized spacial score (nSPS) is 11.1. The Kier molecular flexibility index (Phi) is 6.50. The fourth-order valence-corrected chi connectivity index (χ4v) is 3.36. The summed E-state index contributed by atoms with van der Waals surface area (Å²) < 4.78 is 12.6. The minimum absolute atomic E-state index is 0.389. The fourth-order valence-electron chi connectivity index (χ4n) is 2.67. The molecule has 27 heavy (non-hydrogen) atoms. The summed E-state index contributed by atoms with van der Waals surface area (Å²) in [7, 11) is 1.32. The molecule has 1 aromatic heterocycles. The van der Waals surface area contributed by atoms with Gasteiger partial charge in [-0.1, -0.05) is 0 Å². The third-order valence-corrected chi connectivity index (χ3v) is 4.30. The van der Waals surface area contributed by atoms with Crippen molar-refractivity contribution in [1.82, 2.24) is 9.88 Å². The number of hydrogen-bond acceptors (Lipinski definition) is 5. The van der Waals surface area contributed by atoms with Crippen LogP contribution >= 0.6 is 15.9 Å². The number of aromatic nitrogens is 1. The first-order valence-electron chi connectivity index (χ1n) is 8.44. The average molecular weight is 436 g/mol. The van der Waals surface area contributed by atoms with Crippen molar-refractivity contribution in [3.63, 3.8) is 0 Å². The molecule has 1 heterocycles. The quantitative estimate of drug-likeness (QED) is 0.566. The molecule has 8 heteroatoms. The number of amides is 1. The molecule has 0 aliphatic heterocycles. The number of ether oxygens (including phenoxy) is 2. The van der Waals surface area contributed by atoms with Crippen molar-refractivity contribution in [2.75, 3.05) is 13.7 Å². The molecule has 0 radical (unpaired) electrons. The third kappa shape index (κ3) is 5.23. The van der Waals surface area contributed by atoms with Crippen molar-refractivity contribution in [2.24, 2.45) is 0 Å². The van der Waals surface area contributed by atoms with Crippen LogP contribution in [-0.2, 0) is 16.0 Å². The summed E-state index contributed by atoms with van der Waals surface area (Å²) in [6.07, 6.45) is 0.104. The summed E-state index contributed by atoms with van der Waals surface area (Å²) in [6, 6.07) is 7.23. The number of carbonyl (C=O) groups excluding carboxylic acids is 2. The molecule has 0 saturated heterocycles. The van der Waals surface area contributed by atoms with Gasteiger partial charge in [-0.2, -0.15) is 5.26 Å². The summed E-state index contributed by atoms with van der Waals surface area (Å²) in [5.74, 6) is -0.461. The smallest absolute Gasteiger partial charge is 0.407 e. The van der Waals surface area contributed by atoms with Crippen molar-refractivity contribution in [3.05, 3.63) is 33.9 Å². The van der Waals surface area contributed by atoms with Gasteiger partial charge in [0, 0.05) is 22.9 Å². The van der Waals surface area contributed by atoms with Gasteiger partial charge in [0.15, 0.2) is 0 Å². The maximum Gasteiger partial charge on any atom is 0.407 e. The summed E-state index contributed by atoms with van der Waals surface area (Å²) in [5.41, 5.74) is 1.13. The monoisotopic (exact) mass is 435 g/mol. The SMILES string of the molecule is COC(=O)c1cc2cc(C#N)cc(Br)c2n1CCCNC(=O)OC(C)(C)C. The average Bonchev–Trinajstić information content (AvgIpc) is 2.95. The number of rotatable bonds is 5. The molecule has 0 fully saturated rings. The molecule has 0 aliphatic carbocycles. The van der Waals surface area contributed by atoms with Gasteiger partial charge < -0.3 is 19.4 Å². The van der Waals surface area contributed by atoms with Gasteiger partial charge in [0.25, 0.3) is 0 Å². The Balaban J connectivity index is 2.20. The van der Waals surface area contributed by atoms with Gasteiger partial charge in [0.2, 0.25) is 0 Å². The van der Waals surface area contributed by atoms with Crippen LogP contribution in [0.25, 0.3) is 10.9 Å². The van der Waals surface area contributed by atoms with E-state index in [1.165, 1.54) is 7.11 Å². The first kappa shape index (κ1) is 20.8. The lowest BCUT2D eigenvalue weighted by molar-refractivity contribution is 0.0523. The number of methoxy groups -OCH3 is 1. The molecule has 2 rings (SSSR count). The fraction of sp³-hybridized carbons (Fsp3) is 0.421. The summed E-state index contributed by atoms with van der Waals surface area (Å²) in [4.78, 5) is 23.9. The molecule has 144 valence electrons. The van der Waals surface area contributed by atoms with Crippen LogP contribution in [0.1, 0.15) is 43.2 Å². The molecule has 2 aromatic rings. The van der Waals surface area contributed by atoms with E-state index >= 15 is 0 Å². The Morgan fingerprint density at radius 1 is 1.30 bits per heavy atom. The van der Waals surface area contributed by atoms with Gasteiger partial charge in [-0.25, -0.2) is 9.59 Å². The van der Waals surface area contributed by atoms with Crippen molar-refractivity contribution >= 4 is 38.9 Å². The van der Waals surface area contributed by atoms with Gasteiger partial charge >= 0.3 is 12.1 Å². The largest absolute Gasteiger partial charge is 0.464 e. The molecular formula is C19H22BrN3O4. The second-order valence-electron chi connectivity index (χ2n) is 6.96. The van der Waals surface area contributed by atoms with Crippen LogP contribution < -0.4 is 5.32 Å². The Labute approximate surface area is 166 Å². The standard InChI is InChI=1S/C19H22BrN3O4/c1-19(2,3)27-18(25)22-6-5-7-23-15(17(24)26-4)10-13-8-12(11-21)9-14(20)16(13)23/h8-10H,5-7H2,1-4H3,(H,22,25). The number of nitrogens with one attached hydrogen (secondary N) is 1. The van der Waals surface area contributed by atoms with Crippen LogP contribution in [-0.4, -0.2) is 35.9 Å². The highest BCUT2D eigenvalue weighted by molar-refractivity contribution is 9.10. The molecule has 0 saturated carbocycles. The Bertz CT molecular complexity index is 906. The molecule has 1 N–H and O–H groups in total. The Hall–Kier alpha value is -2.53. The molecule has 0 spiro atoms. The highest BCUT2D eigenvalue weighted by atomic mass is 79.9. The third-order valence-electron chi connectivity index (χ3n) is 3.70. The number of carbonyl (C=O) groups is 2. The highest BCUT2D eigenvalue weighted by Gasteiger charge is 2.19. The number of nitriles is 1. The van der Waals surface area contributed by atoms with E-state index in [0.717, 1.165) is 10.9 Å². The van der Waals surface area contributed by atoms with Gasteiger partial charge in [-0.15, -0.1) is 0 Å². The number of benzene rings is 1. The molecule has 0 atom stereocenters. The van der Waals surface area contributed by atoms with Crippen LogP contribution in [0.2, 0.25) is 0 Å². The second kappa shape index (κ2) is 8.44. The van der Waals surface area contributed by atoms with E-state index < -0.39 is 17.7 Å². The molecule has 1 aromatic carbocycles. The summed E-state index contributed by atoms with van der Waals surface area (Å²) in [5, 5.41) is 12.6. The van der Waals surface area contributed by atoms with Gasteiger partial charge in [0.1, 0.15) is 11.3 Å². The van der Waals surface area contributed by atoms with E-state index in [4.69, 9.17) is 14.7 Å². The van der Waals surface area contributed by atoms with Crippen molar-refractivity contribution in [3.8, 4) is 6.07 Å². The maximum atomic E-state index is 12.2. The topological polar surface area (TPSA) is 93.4 Å². The zero-order chi connectivity index (χ0) is 20.2. The zero-order valence-corrected chi connectivity index (χ0v) is 17.3. The summed E-state index contributed by atoms with van der Waals surface area (Å²) >= 11 is 3.48. The van der Waals surface area contributed by atoms with Crippen molar-refractivity contribution in [1.29, 1.82) is 5.26 Å². The number of esters is 1. The summed E-state index contributed by atoms with van der Waals surface area (Å²) in [6.45, 7) is 6.27. The zero-order valence-electron chi connectivity index (χ0n) is 15.8. The molecule has 0 bridgehead atoms. The van der Waals surface area contributed by atoms with E-state index in [2.05, 4.69) is 27.3 Å². The van der Waals surface area contributed by atoms with Gasteiger partial charge in [-0.05, 0) is 61.3 Å².